The van der Waals surface area contributed by atoms with Crippen molar-refractivity contribution in [3.63, 3.8) is 0 Å². The van der Waals surface area contributed by atoms with Gasteiger partial charge in [-0.1, -0.05) is 0 Å². The van der Waals surface area contributed by atoms with Gasteiger partial charge in [0.15, 0.2) is 0 Å². The molecule has 1 N–H and O–H groups in total. The van der Waals surface area contributed by atoms with Crippen molar-refractivity contribution in [2.45, 2.75) is 25.8 Å². The Bertz CT molecular complexity index is 379. The lowest BCUT2D eigenvalue weighted by Gasteiger charge is -2.09. The second-order valence-electron chi connectivity index (χ2n) is 3.10. The molecule has 1 heterocycles. The zero-order chi connectivity index (χ0) is 11.4. The molecule has 82 valence electrons. The molecule has 15 heavy (non-hydrogen) atoms. The maximum atomic E-state index is 11.8. The summed E-state index contributed by atoms with van der Waals surface area (Å²) >= 11 is 1.47. The topological polar surface area (TPSA) is 54.9 Å². The van der Waals surface area contributed by atoms with E-state index in [0.29, 0.717) is 17.9 Å². The lowest BCUT2D eigenvalue weighted by molar-refractivity contribution is 0.0951. The van der Waals surface area contributed by atoms with Gasteiger partial charge in [0, 0.05) is 6.54 Å². The van der Waals surface area contributed by atoms with E-state index in [-0.39, 0.29) is 5.91 Å². The number of hydrogen-bond acceptors (Lipinski definition) is 4. The third kappa shape index (κ3) is 2.68. The Morgan fingerprint density at radius 1 is 1.40 bits per heavy atom. The molecule has 0 unspecified atom stereocenters. The molecule has 0 radical (unpaired) electrons. The molecule has 0 spiro atoms. The molecule has 0 aliphatic carbocycles. The Morgan fingerprint density at radius 2 is 2.07 bits per heavy atom. The van der Waals surface area contributed by atoms with Gasteiger partial charge in [0.2, 0.25) is 0 Å². The quantitative estimate of drug-likeness (QED) is 0.626. The van der Waals surface area contributed by atoms with Crippen LogP contribution in [0.1, 0.15) is 28.8 Å². The van der Waals surface area contributed by atoms with Gasteiger partial charge in [-0.05, 0) is 27.0 Å². The van der Waals surface area contributed by atoms with Gasteiger partial charge < -0.3 is 5.32 Å². The SMILES string of the molecule is CCNC(=O)c1c(C)nc(C)nc1SC. The number of thioether (sulfide) groups is 1. The number of aromatic nitrogens is 2. The molecule has 0 aromatic carbocycles. The fourth-order valence-corrected chi connectivity index (χ4v) is 2.01. The van der Waals surface area contributed by atoms with E-state index < -0.39 is 0 Å². The van der Waals surface area contributed by atoms with Crippen LogP contribution in [0, 0.1) is 13.8 Å². The predicted molar refractivity (Wildman–Crippen MR) is 61.3 cm³/mol. The van der Waals surface area contributed by atoms with Gasteiger partial charge in [-0.25, -0.2) is 9.97 Å². The minimum absolute atomic E-state index is 0.0978. The van der Waals surface area contributed by atoms with Crippen molar-refractivity contribution in [1.82, 2.24) is 15.3 Å². The fraction of sp³-hybridized carbons (Fsp3) is 0.500. The first-order valence-electron chi connectivity index (χ1n) is 4.77. The first-order chi connectivity index (χ1) is 7.10. The molecule has 1 rings (SSSR count). The van der Waals surface area contributed by atoms with Crippen molar-refractivity contribution >= 4 is 17.7 Å². The molecular formula is C10H15N3OS. The van der Waals surface area contributed by atoms with Crippen molar-refractivity contribution in [3.05, 3.63) is 17.1 Å². The van der Waals surface area contributed by atoms with E-state index in [1.807, 2.05) is 27.0 Å². The summed E-state index contributed by atoms with van der Waals surface area (Å²) in [5, 5.41) is 3.51. The van der Waals surface area contributed by atoms with Crippen molar-refractivity contribution in [2.75, 3.05) is 12.8 Å². The maximum absolute atomic E-state index is 11.8. The van der Waals surface area contributed by atoms with Gasteiger partial charge in [-0.3, -0.25) is 4.79 Å². The van der Waals surface area contributed by atoms with Gasteiger partial charge in [-0.2, -0.15) is 0 Å². The Hall–Kier alpha value is -1.10. The summed E-state index contributed by atoms with van der Waals surface area (Å²) in [6.45, 7) is 6.16. The van der Waals surface area contributed by atoms with Crippen LogP contribution in [-0.4, -0.2) is 28.7 Å². The van der Waals surface area contributed by atoms with Crippen LogP contribution >= 0.6 is 11.8 Å². The highest BCUT2D eigenvalue weighted by Crippen LogP contribution is 2.20. The molecule has 1 aromatic rings. The average Bonchev–Trinajstić information content (AvgIpc) is 2.16. The standard InChI is InChI=1S/C10H15N3OS/c1-5-11-9(14)8-6(2)12-7(3)13-10(8)15-4/h5H2,1-4H3,(H,11,14). The second-order valence-corrected chi connectivity index (χ2v) is 3.89. The first kappa shape index (κ1) is 12.0. The number of carbonyl (C=O) groups is 1. The maximum Gasteiger partial charge on any atom is 0.255 e. The minimum Gasteiger partial charge on any atom is -0.352 e. The lowest BCUT2D eigenvalue weighted by Crippen LogP contribution is -2.25. The van der Waals surface area contributed by atoms with Crippen molar-refractivity contribution in [1.29, 1.82) is 0 Å². The monoisotopic (exact) mass is 225 g/mol. The van der Waals surface area contributed by atoms with Gasteiger partial charge in [-0.15, -0.1) is 11.8 Å². The number of rotatable bonds is 3. The summed E-state index contributed by atoms with van der Waals surface area (Å²) in [5.41, 5.74) is 1.33. The van der Waals surface area contributed by atoms with Crippen LogP contribution in [0.2, 0.25) is 0 Å². The Morgan fingerprint density at radius 3 is 2.60 bits per heavy atom. The Balaban J connectivity index is 3.20. The molecule has 0 aliphatic heterocycles. The summed E-state index contributed by atoms with van der Waals surface area (Å²) in [6, 6.07) is 0. The number of amides is 1. The van der Waals surface area contributed by atoms with Crippen LogP contribution < -0.4 is 5.32 Å². The van der Waals surface area contributed by atoms with Crippen LogP contribution in [0.4, 0.5) is 0 Å². The van der Waals surface area contributed by atoms with E-state index in [9.17, 15) is 4.79 Å². The summed E-state index contributed by atoms with van der Waals surface area (Å²) in [5.74, 6) is 0.601. The second kappa shape index (κ2) is 5.11. The molecule has 0 saturated carbocycles. The van der Waals surface area contributed by atoms with Crippen molar-refractivity contribution in [3.8, 4) is 0 Å². The predicted octanol–water partition coefficient (Wildman–Crippen LogP) is 1.57. The molecule has 5 heteroatoms. The van der Waals surface area contributed by atoms with Crippen molar-refractivity contribution < 1.29 is 4.79 Å². The van der Waals surface area contributed by atoms with E-state index in [0.717, 1.165) is 10.7 Å². The Labute approximate surface area is 93.9 Å². The average molecular weight is 225 g/mol. The normalized spacial score (nSPS) is 10.1. The highest BCUT2D eigenvalue weighted by atomic mass is 32.2. The molecule has 0 aliphatic rings. The smallest absolute Gasteiger partial charge is 0.255 e. The van der Waals surface area contributed by atoms with E-state index in [1.165, 1.54) is 11.8 Å². The van der Waals surface area contributed by atoms with Gasteiger partial charge in [0.25, 0.3) is 5.91 Å². The van der Waals surface area contributed by atoms with Gasteiger partial charge >= 0.3 is 0 Å². The molecule has 0 bridgehead atoms. The van der Waals surface area contributed by atoms with Crippen LogP contribution in [0.15, 0.2) is 5.03 Å². The summed E-state index contributed by atoms with van der Waals surface area (Å²) < 4.78 is 0. The molecule has 0 fully saturated rings. The highest BCUT2D eigenvalue weighted by Gasteiger charge is 2.16. The van der Waals surface area contributed by atoms with E-state index >= 15 is 0 Å². The third-order valence-electron chi connectivity index (χ3n) is 1.93. The molecule has 0 saturated heterocycles. The van der Waals surface area contributed by atoms with Gasteiger partial charge in [0.05, 0.1) is 11.3 Å². The summed E-state index contributed by atoms with van der Waals surface area (Å²) in [7, 11) is 0. The lowest BCUT2D eigenvalue weighted by atomic mass is 10.2. The highest BCUT2D eigenvalue weighted by molar-refractivity contribution is 7.98. The van der Waals surface area contributed by atoms with Crippen LogP contribution in [0.5, 0.6) is 0 Å². The molecule has 1 amide bonds. The van der Waals surface area contributed by atoms with Gasteiger partial charge in [0.1, 0.15) is 10.9 Å². The summed E-state index contributed by atoms with van der Waals surface area (Å²) in [6.07, 6.45) is 1.91. The minimum atomic E-state index is -0.0978. The number of aryl methyl sites for hydroxylation is 2. The number of nitrogens with one attached hydrogen (secondary N) is 1. The van der Waals surface area contributed by atoms with E-state index in [4.69, 9.17) is 0 Å². The van der Waals surface area contributed by atoms with Crippen LogP contribution in [-0.2, 0) is 0 Å². The zero-order valence-corrected chi connectivity index (χ0v) is 10.2. The van der Waals surface area contributed by atoms with Crippen LogP contribution in [0.25, 0.3) is 0 Å². The fourth-order valence-electron chi connectivity index (χ4n) is 1.34. The first-order valence-corrected chi connectivity index (χ1v) is 6.00. The molecule has 0 atom stereocenters. The largest absolute Gasteiger partial charge is 0.352 e. The Kier molecular flexibility index (Phi) is 4.08. The van der Waals surface area contributed by atoms with E-state index in [2.05, 4.69) is 15.3 Å². The molecular weight excluding hydrogens is 210 g/mol. The van der Waals surface area contributed by atoms with Crippen molar-refractivity contribution in [2.24, 2.45) is 0 Å². The zero-order valence-electron chi connectivity index (χ0n) is 9.42. The number of carbonyl (C=O) groups excluding carboxylic acids is 1. The van der Waals surface area contributed by atoms with E-state index in [1.54, 1.807) is 0 Å². The molecule has 1 aromatic heterocycles. The number of hydrogen-bond donors (Lipinski definition) is 1. The third-order valence-corrected chi connectivity index (χ3v) is 2.61. The number of nitrogens with zero attached hydrogens (tertiary/aromatic N) is 2. The summed E-state index contributed by atoms with van der Waals surface area (Å²) in [4.78, 5) is 20.2. The van der Waals surface area contributed by atoms with Crippen LogP contribution in [0.3, 0.4) is 0 Å². The molecule has 4 nitrogen and oxygen atoms in total.